The Morgan fingerprint density at radius 3 is 2.11 bits per heavy atom. The number of hydrogen-bond donors (Lipinski definition) is 2. The minimum atomic E-state index is -1.80. The van der Waals surface area contributed by atoms with Gasteiger partial charge in [-0.05, 0) is 64.2 Å². The number of nitriles is 1. The van der Waals surface area contributed by atoms with E-state index in [0.29, 0.717) is 11.3 Å². The highest BCUT2D eigenvalue weighted by molar-refractivity contribution is 7.14. The zero-order valence-corrected chi connectivity index (χ0v) is 24.0. The minimum Gasteiger partial charge on any atom is -0.354 e. The summed E-state index contributed by atoms with van der Waals surface area (Å²) in [7, 11) is -1.80. The Morgan fingerprint density at radius 1 is 0.789 bits per heavy atom. The van der Waals surface area contributed by atoms with Gasteiger partial charge in [0.2, 0.25) is 0 Å². The van der Waals surface area contributed by atoms with Gasteiger partial charge >= 0.3 is 0 Å². The van der Waals surface area contributed by atoms with Crippen molar-refractivity contribution in [3.8, 4) is 27.6 Å². The third-order valence-electron chi connectivity index (χ3n) is 6.24. The number of anilines is 4. The Hall–Kier alpha value is -4.14. The van der Waals surface area contributed by atoms with Gasteiger partial charge in [-0.15, -0.1) is 22.7 Å². The Kier molecular flexibility index (Phi) is 7.17. The molecule has 0 amide bonds. The third kappa shape index (κ3) is 5.27. The highest BCUT2D eigenvalue weighted by atomic mass is 32.1. The lowest BCUT2D eigenvalue weighted by molar-refractivity contribution is 1.48. The second-order valence-electron chi connectivity index (χ2n) is 9.94. The summed E-state index contributed by atoms with van der Waals surface area (Å²) in [5, 5.41) is 24.2. The van der Waals surface area contributed by atoms with Gasteiger partial charge in [0.15, 0.2) is 5.69 Å². The van der Waals surface area contributed by atoms with Crippen LogP contribution in [0.2, 0.25) is 19.6 Å². The summed E-state index contributed by atoms with van der Waals surface area (Å²) in [6, 6.07) is 26.1. The molecule has 186 valence electrons. The first-order chi connectivity index (χ1) is 18.4. The fourth-order valence-corrected chi connectivity index (χ4v) is 8.35. The number of hydrogen-bond acceptors (Lipinski definition) is 5. The fourth-order valence-electron chi connectivity index (χ4n) is 4.55. The van der Waals surface area contributed by atoms with Crippen LogP contribution in [0, 0.1) is 17.9 Å². The first-order valence-corrected chi connectivity index (χ1v) is 17.5. The summed E-state index contributed by atoms with van der Waals surface area (Å²) >= 11 is 3.44. The predicted molar refractivity (Wildman–Crippen MR) is 166 cm³/mol. The second-order valence-corrected chi connectivity index (χ2v) is 16.6. The van der Waals surface area contributed by atoms with Gasteiger partial charge < -0.3 is 10.6 Å². The molecule has 3 aromatic carbocycles. The molecule has 0 aliphatic rings. The maximum atomic E-state index is 9.13. The molecule has 4 nitrogen and oxygen atoms in total. The molecule has 0 fully saturated rings. The van der Waals surface area contributed by atoms with Crippen molar-refractivity contribution in [2.24, 2.45) is 0 Å². The summed E-state index contributed by atoms with van der Waals surface area (Å²) in [6.45, 7) is 14.4. The molecule has 7 heteroatoms. The maximum absolute atomic E-state index is 9.13. The van der Waals surface area contributed by atoms with Crippen LogP contribution in [-0.2, 0) is 0 Å². The molecule has 0 aliphatic carbocycles. The zero-order valence-electron chi connectivity index (χ0n) is 21.4. The second kappa shape index (κ2) is 10.7. The van der Waals surface area contributed by atoms with Crippen molar-refractivity contribution in [3.05, 3.63) is 106 Å². The van der Waals surface area contributed by atoms with Crippen molar-refractivity contribution in [1.29, 1.82) is 5.26 Å². The molecule has 2 heterocycles. The van der Waals surface area contributed by atoms with Crippen LogP contribution in [0.5, 0.6) is 0 Å². The van der Waals surface area contributed by atoms with Gasteiger partial charge in [0.1, 0.15) is 0 Å². The Balaban J connectivity index is 1.56. The number of thiophene rings is 2. The average molecular weight is 547 g/mol. The SMILES string of the molecule is [C-]#[N+]c1ccc(Nc2ccsc2-c2cccc(-c3cscc3Nc3ccc(C#N)cc3)c2[Si](C)(C)C)cc1. The van der Waals surface area contributed by atoms with E-state index in [4.69, 9.17) is 11.8 Å². The molecule has 38 heavy (non-hydrogen) atoms. The monoisotopic (exact) mass is 546 g/mol. The van der Waals surface area contributed by atoms with Gasteiger partial charge in [-0.25, -0.2) is 4.85 Å². The lowest BCUT2D eigenvalue weighted by Crippen LogP contribution is -2.40. The lowest BCUT2D eigenvalue weighted by Gasteiger charge is -2.26. The van der Waals surface area contributed by atoms with E-state index in [1.54, 1.807) is 22.7 Å². The Morgan fingerprint density at radius 2 is 1.45 bits per heavy atom. The van der Waals surface area contributed by atoms with Gasteiger partial charge in [0, 0.05) is 27.7 Å². The smallest absolute Gasteiger partial charge is 0.187 e. The van der Waals surface area contributed by atoms with Crippen molar-refractivity contribution in [1.82, 2.24) is 0 Å². The van der Waals surface area contributed by atoms with Crippen molar-refractivity contribution in [2.75, 3.05) is 10.6 Å². The van der Waals surface area contributed by atoms with Crippen molar-refractivity contribution >= 4 is 64.4 Å². The van der Waals surface area contributed by atoms with Crippen molar-refractivity contribution in [2.45, 2.75) is 19.6 Å². The van der Waals surface area contributed by atoms with E-state index in [9.17, 15) is 0 Å². The summed E-state index contributed by atoms with van der Waals surface area (Å²) < 4.78 is 0. The van der Waals surface area contributed by atoms with Gasteiger partial charge in [0.25, 0.3) is 0 Å². The predicted octanol–water partition coefficient (Wildman–Crippen LogP) is 9.60. The van der Waals surface area contributed by atoms with Crippen LogP contribution in [0.3, 0.4) is 0 Å². The highest BCUT2D eigenvalue weighted by Gasteiger charge is 2.27. The summed E-state index contributed by atoms with van der Waals surface area (Å²) in [5.41, 5.74) is 9.09. The topological polar surface area (TPSA) is 52.2 Å². The molecule has 0 radical (unpaired) electrons. The van der Waals surface area contributed by atoms with E-state index >= 15 is 0 Å². The van der Waals surface area contributed by atoms with E-state index in [1.165, 1.54) is 26.8 Å². The zero-order chi connectivity index (χ0) is 26.7. The number of rotatable bonds is 7. The molecule has 0 bridgehead atoms. The van der Waals surface area contributed by atoms with Crippen LogP contribution in [0.1, 0.15) is 5.56 Å². The summed E-state index contributed by atoms with van der Waals surface area (Å²) in [6.07, 6.45) is 0. The molecule has 0 unspecified atom stereocenters. The average Bonchev–Trinajstić information content (AvgIpc) is 3.58. The first kappa shape index (κ1) is 25.5. The van der Waals surface area contributed by atoms with Crippen LogP contribution >= 0.6 is 22.7 Å². The Bertz CT molecular complexity index is 1550. The highest BCUT2D eigenvalue weighted by Crippen LogP contribution is 2.40. The van der Waals surface area contributed by atoms with Crippen molar-refractivity contribution in [3.63, 3.8) is 0 Å². The van der Waals surface area contributed by atoms with Gasteiger partial charge in [0.05, 0.1) is 42.5 Å². The molecule has 2 N–H and O–H groups in total. The van der Waals surface area contributed by atoms with Crippen LogP contribution < -0.4 is 15.8 Å². The molecule has 5 aromatic rings. The number of nitrogens with zero attached hydrogens (tertiary/aromatic N) is 2. The molecular formula is C31H26N4S2Si. The largest absolute Gasteiger partial charge is 0.354 e. The normalized spacial score (nSPS) is 11.0. The van der Waals surface area contributed by atoms with Crippen LogP contribution in [-0.4, -0.2) is 8.07 Å². The molecule has 2 aromatic heterocycles. The molecule has 0 aliphatic heterocycles. The molecule has 0 spiro atoms. The molecule has 0 saturated heterocycles. The standard InChI is InChI=1S/C31H26N4S2Si/c1-33-22-12-14-24(15-13-22)34-28-16-17-37-30(28)26-7-5-6-25(31(26)38(2,3)4)27-19-36-20-29(27)35-23-10-8-21(18-32)9-11-23/h5-17,19-20,34-35H,2-4H3. The van der Waals surface area contributed by atoms with E-state index in [2.05, 4.69) is 81.6 Å². The van der Waals surface area contributed by atoms with E-state index < -0.39 is 8.07 Å². The molecule has 5 rings (SSSR count). The minimum absolute atomic E-state index is 0.635. The molecule has 0 saturated carbocycles. The van der Waals surface area contributed by atoms with Crippen molar-refractivity contribution < 1.29 is 0 Å². The van der Waals surface area contributed by atoms with E-state index in [1.807, 2.05) is 48.5 Å². The van der Waals surface area contributed by atoms with Crippen LogP contribution in [0.25, 0.3) is 26.4 Å². The molecular weight excluding hydrogens is 521 g/mol. The number of nitrogens with one attached hydrogen (secondary N) is 2. The Labute approximate surface area is 232 Å². The maximum Gasteiger partial charge on any atom is 0.187 e. The van der Waals surface area contributed by atoms with E-state index in [0.717, 1.165) is 22.7 Å². The van der Waals surface area contributed by atoms with Crippen LogP contribution in [0.4, 0.5) is 28.4 Å². The van der Waals surface area contributed by atoms with Gasteiger partial charge in [-0.1, -0.05) is 50.0 Å². The lowest BCUT2D eigenvalue weighted by atomic mass is 10.0. The van der Waals surface area contributed by atoms with Crippen LogP contribution in [0.15, 0.2) is 88.9 Å². The van der Waals surface area contributed by atoms with E-state index in [-0.39, 0.29) is 0 Å². The van der Waals surface area contributed by atoms with Gasteiger partial charge in [-0.3, -0.25) is 0 Å². The fraction of sp³-hybridized carbons (Fsp3) is 0.0968. The summed E-state index contributed by atoms with van der Waals surface area (Å²) in [4.78, 5) is 4.72. The van der Waals surface area contributed by atoms with Gasteiger partial charge in [-0.2, -0.15) is 5.26 Å². The first-order valence-electron chi connectivity index (χ1n) is 12.2. The molecule has 0 atom stereocenters. The summed E-state index contributed by atoms with van der Waals surface area (Å²) in [5.74, 6) is 0. The third-order valence-corrected chi connectivity index (χ3v) is 9.97. The quantitative estimate of drug-likeness (QED) is 0.158. The number of benzene rings is 3.